The van der Waals surface area contributed by atoms with Crippen molar-refractivity contribution in [3.05, 3.63) is 5.28 Å². The van der Waals surface area contributed by atoms with Gasteiger partial charge in [0.2, 0.25) is 17.2 Å². The minimum absolute atomic E-state index is 0.280. The van der Waals surface area contributed by atoms with Crippen LogP contribution in [-0.2, 0) is 0 Å². The molecule has 1 atom stereocenters. The minimum atomic E-state index is 0.280. The third-order valence-electron chi connectivity index (χ3n) is 3.48. The highest BCUT2D eigenvalue weighted by Gasteiger charge is 2.19. The van der Waals surface area contributed by atoms with E-state index in [1.165, 1.54) is 31.4 Å². The monoisotopic (exact) mass is 299 g/mol. The van der Waals surface area contributed by atoms with Gasteiger partial charge in [-0.25, -0.2) is 0 Å². The molecule has 3 rings (SSSR count). The fourth-order valence-electron chi connectivity index (χ4n) is 2.50. The van der Waals surface area contributed by atoms with Crippen LogP contribution in [0.15, 0.2) is 0 Å². The fraction of sp³-hybridized carbons (Fsp3) is 0.750. The number of aromatic nitrogens is 3. The molecule has 0 aliphatic carbocycles. The summed E-state index contributed by atoms with van der Waals surface area (Å²) in [5.41, 5.74) is 0. The van der Waals surface area contributed by atoms with Gasteiger partial charge in [-0.1, -0.05) is 0 Å². The van der Waals surface area contributed by atoms with E-state index in [9.17, 15) is 0 Å². The molecule has 2 aliphatic heterocycles. The quantitative estimate of drug-likeness (QED) is 0.925. The van der Waals surface area contributed by atoms with Crippen LogP contribution >= 0.6 is 23.4 Å². The van der Waals surface area contributed by atoms with Gasteiger partial charge in [-0.3, -0.25) is 0 Å². The average molecular weight is 300 g/mol. The second-order valence-electron chi connectivity index (χ2n) is 4.98. The van der Waals surface area contributed by atoms with Crippen molar-refractivity contribution in [3.8, 4) is 0 Å². The summed E-state index contributed by atoms with van der Waals surface area (Å²) in [5, 5.41) is 3.67. The minimum Gasteiger partial charge on any atom is -0.350 e. The van der Waals surface area contributed by atoms with E-state index in [-0.39, 0.29) is 5.28 Å². The Morgan fingerprint density at radius 1 is 1.16 bits per heavy atom. The van der Waals surface area contributed by atoms with Gasteiger partial charge in [-0.15, -0.1) is 0 Å². The van der Waals surface area contributed by atoms with Crippen molar-refractivity contribution in [1.29, 1.82) is 0 Å². The lowest BCUT2D eigenvalue weighted by Crippen LogP contribution is -2.28. The van der Waals surface area contributed by atoms with Crippen LogP contribution in [-0.4, -0.2) is 45.6 Å². The van der Waals surface area contributed by atoms with Gasteiger partial charge in [0.15, 0.2) is 0 Å². The number of thioether (sulfide) groups is 1. The largest absolute Gasteiger partial charge is 0.350 e. The fourth-order valence-corrected chi connectivity index (χ4v) is 3.73. The smallest absolute Gasteiger partial charge is 0.231 e. The Labute approximate surface area is 122 Å². The van der Waals surface area contributed by atoms with Crippen molar-refractivity contribution in [2.24, 2.45) is 0 Å². The number of anilines is 2. The summed E-state index contributed by atoms with van der Waals surface area (Å²) in [5.74, 6) is 3.70. The maximum Gasteiger partial charge on any atom is 0.231 e. The molecule has 1 aromatic rings. The molecule has 0 bridgehead atoms. The van der Waals surface area contributed by atoms with Crippen molar-refractivity contribution in [1.82, 2.24) is 15.0 Å². The lowest BCUT2D eigenvalue weighted by Gasteiger charge is -2.23. The Balaban J connectivity index is 1.73. The van der Waals surface area contributed by atoms with E-state index in [0.29, 0.717) is 17.9 Å². The van der Waals surface area contributed by atoms with Crippen LogP contribution in [0.25, 0.3) is 0 Å². The number of hydrogen-bond donors (Lipinski definition) is 1. The van der Waals surface area contributed by atoms with Gasteiger partial charge in [0.1, 0.15) is 0 Å². The Bertz CT molecular complexity index is 432. The lowest BCUT2D eigenvalue weighted by molar-refractivity contribution is 0.677. The van der Waals surface area contributed by atoms with E-state index >= 15 is 0 Å². The van der Waals surface area contributed by atoms with E-state index in [1.807, 2.05) is 11.8 Å². The molecule has 0 amide bonds. The third kappa shape index (κ3) is 3.42. The van der Waals surface area contributed by atoms with Gasteiger partial charge in [-0.05, 0) is 43.0 Å². The number of nitrogens with zero attached hydrogens (tertiary/aromatic N) is 4. The summed E-state index contributed by atoms with van der Waals surface area (Å²) in [6.07, 6.45) is 4.83. The first kappa shape index (κ1) is 13.2. The van der Waals surface area contributed by atoms with Gasteiger partial charge in [0, 0.05) is 24.9 Å². The number of rotatable bonds is 3. The first-order valence-corrected chi connectivity index (χ1v) is 8.35. The molecule has 104 valence electrons. The molecule has 3 heterocycles. The molecule has 2 fully saturated rings. The standard InChI is InChI=1S/C12H18ClN5S/c13-10-15-11(14-9-4-3-7-19-8-9)17-12(16-10)18-5-1-2-6-18/h9H,1-8H2,(H,14,15,16,17). The van der Waals surface area contributed by atoms with E-state index in [1.54, 1.807) is 0 Å². The van der Waals surface area contributed by atoms with Gasteiger partial charge >= 0.3 is 0 Å². The topological polar surface area (TPSA) is 53.9 Å². The molecule has 2 saturated heterocycles. The summed E-state index contributed by atoms with van der Waals surface area (Å²) in [7, 11) is 0. The molecule has 1 unspecified atom stereocenters. The Kier molecular flexibility index (Phi) is 4.28. The molecule has 0 aromatic carbocycles. The number of nitrogens with one attached hydrogen (secondary N) is 1. The molecule has 1 aromatic heterocycles. The zero-order valence-corrected chi connectivity index (χ0v) is 12.4. The molecule has 1 N–H and O–H groups in total. The Morgan fingerprint density at radius 2 is 2.00 bits per heavy atom. The van der Waals surface area contributed by atoms with Crippen molar-refractivity contribution in [2.45, 2.75) is 31.7 Å². The molecule has 2 aliphatic rings. The summed E-state index contributed by atoms with van der Waals surface area (Å²) in [6, 6.07) is 0.448. The SMILES string of the molecule is Clc1nc(NC2CCCSC2)nc(N2CCCC2)n1. The first-order valence-electron chi connectivity index (χ1n) is 6.82. The summed E-state index contributed by atoms with van der Waals surface area (Å²) < 4.78 is 0. The summed E-state index contributed by atoms with van der Waals surface area (Å²) >= 11 is 7.99. The van der Waals surface area contributed by atoms with Crippen LogP contribution in [0, 0.1) is 0 Å². The maximum atomic E-state index is 6.01. The van der Waals surface area contributed by atoms with Gasteiger partial charge < -0.3 is 10.2 Å². The molecular formula is C12H18ClN5S. The second-order valence-corrected chi connectivity index (χ2v) is 6.47. The molecule has 5 nitrogen and oxygen atoms in total. The van der Waals surface area contributed by atoms with Crippen LogP contribution < -0.4 is 10.2 Å². The van der Waals surface area contributed by atoms with E-state index < -0.39 is 0 Å². The van der Waals surface area contributed by atoms with Gasteiger partial charge in [0.25, 0.3) is 0 Å². The highest BCUT2D eigenvalue weighted by molar-refractivity contribution is 7.99. The van der Waals surface area contributed by atoms with Crippen LogP contribution in [0.4, 0.5) is 11.9 Å². The second kappa shape index (κ2) is 6.13. The van der Waals surface area contributed by atoms with Crippen LogP contribution in [0.1, 0.15) is 25.7 Å². The Hall–Kier alpha value is -0.750. The van der Waals surface area contributed by atoms with Crippen molar-refractivity contribution in [3.63, 3.8) is 0 Å². The van der Waals surface area contributed by atoms with E-state index in [4.69, 9.17) is 11.6 Å². The zero-order chi connectivity index (χ0) is 13.1. The summed E-state index contributed by atoms with van der Waals surface area (Å²) in [4.78, 5) is 15.1. The molecule has 0 saturated carbocycles. The molecule has 0 spiro atoms. The lowest BCUT2D eigenvalue weighted by atomic mass is 10.2. The van der Waals surface area contributed by atoms with Crippen molar-refractivity contribution in [2.75, 3.05) is 34.8 Å². The third-order valence-corrected chi connectivity index (χ3v) is 4.86. The summed E-state index contributed by atoms with van der Waals surface area (Å²) in [6.45, 7) is 2.03. The van der Waals surface area contributed by atoms with Crippen LogP contribution in [0.2, 0.25) is 5.28 Å². The highest BCUT2D eigenvalue weighted by Crippen LogP contribution is 2.22. The van der Waals surface area contributed by atoms with Crippen LogP contribution in [0.5, 0.6) is 0 Å². The van der Waals surface area contributed by atoms with Gasteiger partial charge in [0.05, 0.1) is 0 Å². The van der Waals surface area contributed by atoms with Gasteiger partial charge in [-0.2, -0.15) is 26.7 Å². The Morgan fingerprint density at radius 3 is 2.74 bits per heavy atom. The molecular weight excluding hydrogens is 282 g/mol. The van der Waals surface area contributed by atoms with Crippen LogP contribution in [0.3, 0.4) is 0 Å². The molecule has 7 heteroatoms. The number of halogens is 1. The van der Waals surface area contributed by atoms with E-state index in [2.05, 4.69) is 25.2 Å². The van der Waals surface area contributed by atoms with Crippen molar-refractivity contribution < 1.29 is 0 Å². The average Bonchev–Trinajstić information content (AvgIpc) is 2.93. The number of hydrogen-bond acceptors (Lipinski definition) is 6. The van der Waals surface area contributed by atoms with Crippen molar-refractivity contribution >= 4 is 35.3 Å². The molecule has 19 heavy (non-hydrogen) atoms. The first-order chi connectivity index (χ1) is 9.31. The molecule has 0 radical (unpaired) electrons. The normalized spacial score (nSPS) is 23.6. The predicted molar refractivity (Wildman–Crippen MR) is 80.3 cm³/mol. The maximum absolute atomic E-state index is 6.01. The van der Waals surface area contributed by atoms with E-state index in [0.717, 1.165) is 18.8 Å². The predicted octanol–water partition coefficient (Wildman–Crippen LogP) is 2.43. The zero-order valence-electron chi connectivity index (χ0n) is 10.8. The highest BCUT2D eigenvalue weighted by atomic mass is 35.5.